The molecule has 0 bridgehead atoms. The van der Waals surface area contributed by atoms with E-state index in [4.69, 9.17) is 11.6 Å². The first-order valence-corrected chi connectivity index (χ1v) is 14.6. The number of hydrogen-bond acceptors (Lipinski definition) is 9. The van der Waals surface area contributed by atoms with E-state index in [2.05, 4.69) is 31.0 Å². The number of amides is 2. The van der Waals surface area contributed by atoms with Gasteiger partial charge in [0.2, 0.25) is 11.0 Å². The molecule has 0 saturated heterocycles. The Hall–Kier alpha value is -3.00. The van der Waals surface area contributed by atoms with Crippen LogP contribution in [-0.2, 0) is 11.3 Å². The third-order valence-electron chi connectivity index (χ3n) is 5.16. The Morgan fingerprint density at radius 1 is 1.11 bits per heavy atom. The number of carbonyl (C=O) groups excluding carboxylic acids is 2. The van der Waals surface area contributed by atoms with Gasteiger partial charge < -0.3 is 5.32 Å². The average Bonchev–Trinajstić information content (AvgIpc) is 3.49. The molecule has 0 aliphatic carbocycles. The van der Waals surface area contributed by atoms with Crippen LogP contribution in [0.1, 0.15) is 34.2 Å². The second-order valence-electron chi connectivity index (χ2n) is 7.95. The molecule has 0 aliphatic rings. The first kappa shape index (κ1) is 28.0. The van der Waals surface area contributed by atoms with Gasteiger partial charge in [0.1, 0.15) is 5.82 Å². The minimum atomic E-state index is -0.718. The Morgan fingerprint density at radius 3 is 2.68 bits per heavy atom. The molecule has 0 spiro atoms. The number of nitrogens with one attached hydrogen (secondary N) is 2. The maximum absolute atomic E-state index is 14.2. The smallest absolute Gasteiger partial charge is 0.256 e. The largest absolute Gasteiger partial charge is 0.345 e. The predicted octanol–water partition coefficient (Wildman–Crippen LogP) is 5.30. The quantitative estimate of drug-likeness (QED) is 0.189. The number of carbonyl (C=O) groups is 2. The van der Waals surface area contributed by atoms with E-state index < -0.39 is 11.7 Å². The fourth-order valence-electron chi connectivity index (χ4n) is 3.40. The first-order chi connectivity index (χ1) is 18.3. The zero-order valence-corrected chi connectivity index (χ0v) is 23.8. The van der Waals surface area contributed by atoms with Crippen LogP contribution in [0.2, 0.25) is 5.02 Å². The van der Waals surface area contributed by atoms with Crippen molar-refractivity contribution in [3.8, 4) is 5.69 Å². The number of benzene rings is 2. The van der Waals surface area contributed by atoms with Gasteiger partial charge in [0.25, 0.3) is 5.91 Å². The van der Waals surface area contributed by atoms with Gasteiger partial charge >= 0.3 is 0 Å². The Balaban J connectivity index is 1.54. The molecule has 2 aromatic heterocycles. The fourth-order valence-corrected chi connectivity index (χ4v) is 6.08. The summed E-state index contributed by atoms with van der Waals surface area (Å²) in [7, 11) is 0. The molecule has 2 N–H and O–H groups in total. The molecule has 0 atom stereocenters. The number of halogens is 2. The van der Waals surface area contributed by atoms with Crippen molar-refractivity contribution >= 4 is 63.4 Å². The fraction of sp³-hybridized carbons (Fsp3) is 0.250. The third kappa shape index (κ3) is 6.70. The van der Waals surface area contributed by atoms with Crippen LogP contribution in [0.4, 0.5) is 9.52 Å². The van der Waals surface area contributed by atoms with Gasteiger partial charge in [0.15, 0.2) is 15.3 Å². The van der Waals surface area contributed by atoms with E-state index in [1.165, 1.54) is 41.3 Å². The molecule has 38 heavy (non-hydrogen) atoms. The summed E-state index contributed by atoms with van der Waals surface area (Å²) >= 11 is 10.1. The number of thioether (sulfide) groups is 2. The second-order valence-corrected chi connectivity index (χ2v) is 11.8. The number of aryl methyl sites for hydroxylation is 2. The summed E-state index contributed by atoms with van der Waals surface area (Å²) in [4.78, 5) is 25.3. The van der Waals surface area contributed by atoms with Gasteiger partial charge in [-0.3, -0.25) is 19.5 Å². The molecular weight excluding hydrogens is 569 g/mol. The highest BCUT2D eigenvalue weighted by Crippen LogP contribution is 2.27. The van der Waals surface area contributed by atoms with E-state index >= 15 is 0 Å². The molecule has 14 heteroatoms. The predicted molar refractivity (Wildman–Crippen MR) is 149 cm³/mol. The normalized spacial score (nSPS) is 11.0. The molecule has 198 valence electrons. The minimum absolute atomic E-state index is 0.0107. The van der Waals surface area contributed by atoms with Crippen molar-refractivity contribution in [3.63, 3.8) is 0 Å². The molecule has 2 heterocycles. The number of aromatic nitrogens is 5. The van der Waals surface area contributed by atoms with E-state index in [1.807, 2.05) is 39.0 Å². The Bertz CT molecular complexity index is 1460. The summed E-state index contributed by atoms with van der Waals surface area (Å²) in [6.45, 7) is 5.88. The highest BCUT2D eigenvalue weighted by molar-refractivity contribution is 8.01. The van der Waals surface area contributed by atoms with Gasteiger partial charge in [-0.1, -0.05) is 71.6 Å². The summed E-state index contributed by atoms with van der Waals surface area (Å²) in [6, 6.07) is 9.97. The van der Waals surface area contributed by atoms with E-state index in [-0.39, 0.29) is 28.8 Å². The lowest BCUT2D eigenvalue weighted by Gasteiger charge is -2.14. The molecule has 4 aromatic rings. The van der Waals surface area contributed by atoms with E-state index in [9.17, 15) is 14.0 Å². The summed E-state index contributed by atoms with van der Waals surface area (Å²) in [6.07, 6.45) is 0. The van der Waals surface area contributed by atoms with Crippen molar-refractivity contribution in [1.82, 2.24) is 30.3 Å². The van der Waals surface area contributed by atoms with Crippen LogP contribution < -0.4 is 10.6 Å². The van der Waals surface area contributed by atoms with Crippen LogP contribution >= 0.6 is 46.5 Å². The number of hydrogen-bond donors (Lipinski definition) is 2. The Labute approximate surface area is 236 Å². The zero-order chi connectivity index (χ0) is 27.2. The van der Waals surface area contributed by atoms with E-state index in [1.54, 1.807) is 16.3 Å². The summed E-state index contributed by atoms with van der Waals surface area (Å²) in [5.74, 6) is -0.330. The molecule has 4 rings (SSSR count). The van der Waals surface area contributed by atoms with Crippen molar-refractivity contribution < 1.29 is 14.0 Å². The van der Waals surface area contributed by atoms with Crippen molar-refractivity contribution in [1.29, 1.82) is 0 Å². The number of nitrogens with zero attached hydrogens (tertiary/aromatic N) is 5. The maximum Gasteiger partial charge on any atom is 0.256 e. The summed E-state index contributed by atoms with van der Waals surface area (Å²) < 4.78 is 16.8. The maximum atomic E-state index is 14.2. The lowest BCUT2D eigenvalue weighted by molar-refractivity contribution is -0.113. The van der Waals surface area contributed by atoms with Crippen molar-refractivity contribution in [2.45, 2.75) is 36.8 Å². The van der Waals surface area contributed by atoms with Crippen LogP contribution in [0.15, 0.2) is 45.9 Å². The average molecular weight is 592 g/mol. The van der Waals surface area contributed by atoms with Crippen LogP contribution in [-0.4, -0.2) is 48.3 Å². The summed E-state index contributed by atoms with van der Waals surface area (Å²) in [5, 5.41) is 22.9. The molecule has 0 aliphatic heterocycles. The van der Waals surface area contributed by atoms with Gasteiger partial charge in [-0.25, -0.2) is 4.39 Å². The van der Waals surface area contributed by atoms with Crippen LogP contribution in [0.5, 0.6) is 0 Å². The van der Waals surface area contributed by atoms with E-state index in [0.717, 1.165) is 26.9 Å². The Morgan fingerprint density at radius 2 is 1.92 bits per heavy atom. The van der Waals surface area contributed by atoms with Gasteiger partial charge in [-0.15, -0.1) is 20.4 Å². The molecule has 0 radical (unpaired) electrons. The number of anilines is 1. The monoisotopic (exact) mass is 591 g/mol. The minimum Gasteiger partial charge on any atom is -0.345 e. The Kier molecular flexibility index (Phi) is 9.36. The van der Waals surface area contributed by atoms with Crippen LogP contribution in [0, 0.1) is 19.7 Å². The topological polar surface area (TPSA) is 115 Å². The lowest BCUT2D eigenvalue weighted by atomic mass is 10.1. The first-order valence-electron chi connectivity index (χ1n) is 11.4. The third-order valence-corrected chi connectivity index (χ3v) is 8.25. The van der Waals surface area contributed by atoms with Gasteiger partial charge in [0.05, 0.1) is 28.6 Å². The van der Waals surface area contributed by atoms with Gasteiger partial charge in [0, 0.05) is 0 Å². The second kappa shape index (κ2) is 12.7. The van der Waals surface area contributed by atoms with Crippen LogP contribution in [0.25, 0.3) is 5.69 Å². The molecule has 9 nitrogen and oxygen atoms in total. The van der Waals surface area contributed by atoms with Gasteiger partial charge in [-0.05, 0) is 48.9 Å². The van der Waals surface area contributed by atoms with Gasteiger partial charge in [-0.2, -0.15) is 0 Å². The lowest BCUT2D eigenvalue weighted by Crippen LogP contribution is -2.26. The summed E-state index contributed by atoms with van der Waals surface area (Å²) in [5.41, 5.74) is 2.52. The molecule has 0 unspecified atom stereocenters. The SMILES string of the molecule is CCSc1nnc(NC(=O)CSc2nnc(CNC(=O)c3c(F)cccc3Cl)n2-c2cc(C)ccc2C)s1. The standard InChI is InChI=1S/C24H23ClFN7O2S3/c1-4-36-24-32-30-22(38-24)28-19(34)12-37-23-31-29-18(33(23)17-10-13(2)8-9-14(17)3)11-27-21(35)20-15(25)6-5-7-16(20)26/h5-10H,4,11-12H2,1-3H3,(H,27,35)(H,28,30,34). The highest BCUT2D eigenvalue weighted by Gasteiger charge is 2.21. The molecule has 0 saturated carbocycles. The van der Waals surface area contributed by atoms with Crippen LogP contribution in [0.3, 0.4) is 0 Å². The van der Waals surface area contributed by atoms with Crippen molar-refractivity contribution in [2.75, 3.05) is 16.8 Å². The number of rotatable bonds is 10. The van der Waals surface area contributed by atoms with Crippen molar-refractivity contribution in [3.05, 3.63) is 69.8 Å². The molecule has 0 fully saturated rings. The molecular formula is C24H23ClFN7O2S3. The highest BCUT2D eigenvalue weighted by atomic mass is 35.5. The zero-order valence-electron chi connectivity index (χ0n) is 20.6. The molecule has 2 amide bonds. The van der Waals surface area contributed by atoms with E-state index in [0.29, 0.717) is 16.1 Å². The van der Waals surface area contributed by atoms with Crippen molar-refractivity contribution in [2.24, 2.45) is 0 Å². The molecule has 2 aromatic carbocycles.